The van der Waals surface area contributed by atoms with E-state index in [9.17, 15) is 9.59 Å². The molecule has 1 fully saturated rings. The molecular formula is C15H15ClO5. The smallest absolute Gasteiger partial charge is 0.213 e. The van der Waals surface area contributed by atoms with Crippen molar-refractivity contribution in [3.63, 3.8) is 0 Å². The number of fused-ring (bicyclic) bond motifs is 1. The Morgan fingerprint density at radius 2 is 1.76 bits per heavy atom. The number of Topliss-reactive ketones (excluding diaryl/α,β-unsaturated/α-hetero) is 2. The quantitative estimate of drug-likeness (QED) is 0.840. The summed E-state index contributed by atoms with van der Waals surface area (Å²) in [6.07, 6.45) is 1.44. The highest BCUT2D eigenvalue weighted by atomic mass is 35.5. The number of carbonyl (C=O) groups is 2. The van der Waals surface area contributed by atoms with Crippen molar-refractivity contribution in [1.82, 2.24) is 0 Å². The standard InChI is InChI=1S/C15H15ClO5/c1-19-9-7-10(20-2)12(16)13-11(9)14(18)15(21-13)5-3-8(17)4-6-15/h7H,3-6H2,1-2H3. The van der Waals surface area contributed by atoms with E-state index in [1.807, 2.05) is 0 Å². The molecule has 1 spiro atoms. The second kappa shape index (κ2) is 4.91. The minimum atomic E-state index is -0.987. The fourth-order valence-electron chi connectivity index (χ4n) is 2.94. The lowest BCUT2D eigenvalue weighted by molar-refractivity contribution is -0.122. The van der Waals surface area contributed by atoms with Crippen LogP contribution < -0.4 is 14.2 Å². The molecule has 0 aromatic heterocycles. The Morgan fingerprint density at radius 3 is 2.33 bits per heavy atom. The van der Waals surface area contributed by atoms with E-state index in [-0.39, 0.29) is 16.6 Å². The van der Waals surface area contributed by atoms with Crippen molar-refractivity contribution in [2.45, 2.75) is 31.3 Å². The molecule has 1 aliphatic heterocycles. The van der Waals surface area contributed by atoms with Crippen LogP contribution in [0.5, 0.6) is 17.2 Å². The van der Waals surface area contributed by atoms with Crippen LogP contribution in [0.4, 0.5) is 0 Å². The zero-order valence-corrected chi connectivity index (χ0v) is 12.6. The van der Waals surface area contributed by atoms with Crippen LogP contribution in [0.25, 0.3) is 0 Å². The number of rotatable bonds is 2. The van der Waals surface area contributed by atoms with Crippen molar-refractivity contribution in [2.24, 2.45) is 0 Å². The Morgan fingerprint density at radius 1 is 1.14 bits per heavy atom. The minimum Gasteiger partial charge on any atom is -0.496 e. The molecule has 1 saturated carbocycles. The molecule has 0 bridgehead atoms. The summed E-state index contributed by atoms with van der Waals surface area (Å²) in [5, 5.41) is 0.260. The van der Waals surface area contributed by atoms with Gasteiger partial charge in [0.2, 0.25) is 5.78 Å². The van der Waals surface area contributed by atoms with E-state index < -0.39 is 5.60 Å². The van der Waals surface area contributed by atoms with E-state index in [2.05, 4.69) is 0 Å². The van der Waals surface area contributed by atoms with Crippen LogP contribution in [0.3, 0.4) is 0 Å². The highest BCUT2D eigenvalue weighted by Gasteiger charge is 2.52. The summed E-state index contributed by atoms with van der Waals surface area (Å²) < 4.78 is 16.4. The lowest BCUT2D eigenvalue weighted by atomic mass is 9.80. The third-order valence-electron chi connectivity index (χ3n) is 4.14. The van der Waals surface area contributed by atoms with Gasteiger partial charge in [0.25, 0.3) is 0 Å². The first-order valence-electron chi connectivity index (χ1n) is 6.72. The zero-order chi connectivity index (χ0) is 15.2. The summed E-state index contributed by atoms with van der Waals surface area (Å²) in [7, 11) is 2.96. The molecule has 0 atom stereocenters. The summed E-state index contributed by atoms with van der Waals surface area (Å²) >= 11 is 6.25. The Bertz CT molecular complexity index is 627. The van der Waals surface area contributed by atoms with E-state index in [0.717, 1.165) is 0 Å². The number of methoxy groups -OCH3 is 2. The number of carbonyl (C=O) groups excluding carboxylic acids is 2. The molecule has 1 aromatic carbocycles. The summed E-state index contributed by atoms with van der Waals surface area (Å²) in [6, 6.07) is 1.58. The predicted molar refractivity (Wildman–Crippen MR) is 75.7 cm³/mol. The lowest BCUT2D eigenvalue weighted by Crippen LogP contribution is -2.43. The fraction of sp³-hybridized carbons (Fsp3) is 0.467. The molecule has 1 aliphatic carbocycles. The molecule has 0 saturated heterocycles. The average Bonchev–Trinajstić information content (AvgIpc) is 2.78. The molecule has 112 valence electrons. The van der Waals surface area contributed by atoms with Gasteiger partial charge < -0.3 is 14.2 Å². The maximum atomic E-state index is 12.8. The SMILES string of the molecule is COc1cc(OC)c2c(c1Cl)OC1(CCC(=O)CC1)C2=O. The second-order valence-corrected chi connectivity index (χ2v) is 5.64. The van der Waals surface area contributed by atoms with Gasteiger partial charge in [0, 0.05) is 31.7 Å². The normalized spacial score (nSPS) is 19.4. The molecule has 0 unspecified atom stereocenters. The monoisotopic (exact) mass is 310 g/mol. The predicted octanol–water partition coefficient (Wildman–Crippen LogP) is 2.81. The van der Waals surface area contributed by atoms with Gasteiger partial charge in [-0.3, -0.25) is 9.59 Å². The Hall–Kier alpha value is -1.75. The minimum absolute atomic E-state index is 0.156. The van der Waals surface area contributed by atoms with Gasteiger partial charge in [-0.1, -0.05) is 11.6 Å². The number of hydrogen-bond donors (Lipinski definition) is 0. The first-order chi connectivity index (χ1) is 10.0. The van der Waals surface area contributed by atoms with Gasteiger partial charge in [0.15, 0.2) is 11.4 Å². The maximum Gasteiger partial charge on any atom is 0.213 e. The molecule has 1 heterocycles. The van der Waals surface area contributed by atoms with Crippen LogP contribution in [0.15, 0.2) is 6.07 Å². The van der Waals surface area contributed by atoms with E-state index in [1.54, 1.807) is 6.07 Å². The summed E-state index contributed by atoms with van der Waals surface area (Å²) in [5.74, 6) is 1.07. The van der Waals surface area contributed by atoms with Gasteiger partial charge in [0.1, 0.15) is 27.9 Å². The molecule has 21 heavy (non-hydrogen) atoms. The van der Waals surface area contributed by atoms with Gasteiger partial charge in [-0.2, -0.15) is 0 Å². The van der Waals surface area contributed by atoms with E-state index in [1.165, 1.54) is 14.2 Å². The largest absolute Gasteiger partial charge is 0.496 e. The van der Waals surface area contributed by atoms with E-state index >= 15 is 0 Å². The van der Waals surface area contributed by atoms with Gasteiger partial charge >= 0.3 is 0 Å². The van der Waals surface area contributed by atoms with Crippen molar-refractivity contribution < 1.29 is 23.8 Å². The zero-order valence-electron chi connectivity index (χ0n) is 11.8. The van der Waals surface area contributed by atoms with Crippen LogP contribution in [-0.2, 0) is 4.79 Å². The van der Waals surface area contributed by atoms with Crippen LogP contribution in [0.2, 0.25) is 5.02 Å². The molecule has 0 N–H and O–H groups in total. The number of ketones is 2. The number of ether oxygens (including phenoxy) is 3. The number of benzene rings is 1. The number of hydrogen-bond acceptors (Lipinski definition) is 5. The topological polar surface area (TPSA) is 61.8 Å². The Labute approximate surface area is 127 Å². The van der Waals surface area contributed by atoms with Gasteiger partial charge in [-0.05, 0) is 0 Å². The fourth-order valence-corrected chi connectivity index (χ4v) is 3.20. The summed E-state index contributed by atoms with van der Waals surface area (Å²) in [4.78, 5) is 24.2. The highest BCUT2D eigenvalue weighted by molar-refractivity contribution is 6.35. The molecular weight excluding hydrogens is 296 g/mol. The molecule has 1 aromatic rings. The third kappa shape index (κ3) is 1.99. The summed E-state index contributed by atoms with van der Waals surface area (Å²) in [6.45, 7) is 0. The van der Waals surface area contributed by atoms with Gasteiger partial charge in [0.05, 0.1) is 14.2 Å². The van der Waals surface area contributed by atoms with Crippen molar-refractivity contribution >= 4 is 23.2 Å². The van der Waals surface area contributed by atoms with Gasteiger partial charge in [-0.15, -0.1) is 0 Å². The Balaban J connectivity index is 2.10. The first-order valence-corrected chi connectivity index (χ1v) is 7.10. The van der Waals surface area contributed by atoms with Crippen molar-refractivity contribution in [3.8, 4) is 17.2 Å². The Kier molecular flexibility index (Phi) is 3.32. The van der Waals surface area contributed by atoms with Crippen LogP contribution in [0, 0.1) is 0 Å². The summed E-state index contributed by atoms with van der Waals surface area (Å²) in [5.41, 5.74) is -0.642. The lowest BCUT2D eigenvalue weighted by Gasteiger charge is -2.30. The van der Waals surface area contributed by atoms with Crippen molar-refractivity contribution in [3.05, 3.63) is 16.7 Å². The first kappa shape index (κ1) is 14.2. The van der Waals surface area contributed by atoms with Crippen LogP contribution >= 0.6 is 11.6 Å². The number of halogens is 1. The van der Waals surface area contributed by atoms with Gasteiger partial charge in [-0.25, -0.2) is 0 Å². The van der Waals surface area contributed by atoms with Crippen molar-refractivity contribution in [2.75, 3.05) is 14.2 Å². The van der Waals surface area contributed by atoms with E-state index in [4.69, 9.17) is 25.8 Å². The molecule has 2 aliphatic rings. The molecule has 0 amide bonds. The van der Waals surface area contributed by atoms with E-state index in [0.29, 0.717) is 48.5 Å². The highest BCUT2D eigenvalue weighted by Crippen LogP contribution is 2.52. The molecule has 5 nitrogen and oxygen atoms in total. The van der Waals surface area contributed by atoms with Crippen molar-refractivity contribution in [1.29, 1.82) is 0 Å². The van der Waals surface area contributed by atoms with Crippen LogP contribution in [-0.4, -0.2) is 31.4 Å². The molecule has 0 radical (unpaired) electrons. The molecule has 6 heteroatoms. The maximum absolute atomic E-state index is 12.8. The average molecular weight is 311 g/mol. The third-order valence-corrected chi connectivity index (χ3v) is 4.50. The van der Waals surface area contributed by atoms with Crippen LogP contribution in [0.1, 0.15) is 36.0 Å². The molecule has 3 rings (SSSR count). The second-order valence-electron chi connectivity index (χ2n) is 5.26.